The molecule has 0 spiro atoms. The lowest BCUT2D eigenvalue weighted by molar-refractivity contribution is 0.447. The third-order valence-corrected chi connectivity index (χ3v) is 4.97. The molecule has 0 bridgehead atoms. The Labute approximate surface area is 180 Å². The SMILES string of the molecule is Oc1cn[nH]c1.Oc1cnn(C(c2ccccc2)(c2ccccc2)c2ccccc2)c1. The molecule has 5 aromatic rings. The number of hydrogen-bond donors (Lipinski definition) is 3. The Balaban J connectivity index is 0.000000334. The largest absolute Gasteiger partial charge is 0.505 e. The normalized spacial score (nSPS) is 10.8. The predicted molar refractivity (Wildman–Crippen MR) is 119 cm³/mol. The van der Waals surface area contributed by atoms with E-state index in [1.807, 2.05) is 59.3 Å². The third-order valence-electron chi connectivity index (χ3n) is 4.97. The van der Waals surface area contributed by atoms with E-state index in [-0.39, 0.29) is 11.5 Å². The molecule has 0 atom stereocenters. The number of hydrogen-bond acceptors (Lipinski definition) is 4. The molecule has 2 aromatic heterocycles. The zero-order valence-corrected chi connectivity index (χ0v) is 16.7. The summed E-state index contributed by atoms with van der Waals surface area (Å²) in [7, 11) is 0. The van der Waals surface area contributed by atoms with E-state index in [1.54, 1.807) is 6.20 Å². The number of nitrogens with zero attached hydrogens (tertiary/aromatic N) is 3. The van der Waals surface area contributed by atoms with E-state index in [2.05, 4.69) is 51.7 Å². The van der Waals surface area contributed by atoms with Gasteiger partial charge in [-0.2, -0.15) is 10.2 Å². The van der Waals surface area contributed by atoms with Crippen LogP contribution in [0.4, 0.5) is 0 Å². The Morgan fingerprint density at radius 3 is 1.42 bits per heavy atom. The Kier molecular flexibility index (Phi) is 5.80. The first-order valence-electron chi connectivity index (χ1n) is 9.79. The van der Waals surface area contributed by atoms with Crippen LogP contribution in [-0.4, -0.2) is 30.2 Å². The highest BCUT2D eigenvalue weighted by atomic mass is 16.3. The molecule has 3 aromatic carbocycles. The van der Waals surface area contributed by atoms with Gasteiger partial charge in [0.05, 0.1) is 24.8 Å². The van der Waals surface area contributed by atoms with Crippen LogP contribution in [0.3, 0.4) is 0 Å². The first kappa shape index (κ1) is 20.0. The average molecular weight is 410 g/mol. The van der Waals surface area contributed by atoms with Crippen molar-refractivity contribution in [1.82, 2.24) is 20.0 Å². The Hall–Kier alpha value is -4.32. The van der Waals surface area contributed by atoms with Gasteiger partial charge in [0.25, 0.3) is 0 Å². The fraction of sp³-hybridized carbons (Fsp3) is 0.0400. The van der Waals surface area contributed by atoms with Gasteiger partial charge < -0.3 is 10.2 Å². The second-order valence-corrected chi connectivity index (χ2v) is 6.91. The number of benzene rings is 3. The molecule has 0 saturated carbocycles. The van der Waals surface area contributed by atoms with E-state index in [0.29, 0.717) is 0 Å². The van der Waals surface area contributed by atoms with Crippen molar-refractivity contribution in [3.05, 3.63) is 132 Å². The van der Waals surface area contributed by atoms with Gasteiger partial charge in [-0.25, -0.2) is 4.68 Å². The summed E-state index contributed by atoms with van der Waals surface area (Å²) in [5, 5.41) is 28.7. The molecule has 31 heavy (non-hydrogen) atoms. The quantitative estimate of drug-likeness (QED) is 0.380. The number of H-pyrrole nitrogens is 1. The molecule has 5 rings (SSSR count). The minimum Gasteiger partial charge on any atom is -0.505 e. The van der Waals surface area contributed by atoms with Crippen LogP contribution in [0.5, 0.6) is 11.5 Å². The molecular formula is C25H22N4O2. The molecular weight excluding hydrogens is 388 g/mol. The van der Waals surface area contributed by atoms with Crippen LogP contribution >= 0.6 is 0 Å². The van der Waals surface area contributed by atoms with E-state index < -0.39 is 5.54 Å². The summed E-state index contributed by atoms with van der Waals surface area (Å²) in [6.07, 6.45) is 5.89. The summed E-state index contributed by atoms with van der Waals surface area (Å²) in [6.45, 7) is 0. The van der Waals surface area contributed by atoms with Gasteiger partial charge in [0.15, 0.2) is 11.5 Å². The molecule has 154 valence electrons. The topological polar surface area (TPSA) is 87.0 Å². The second-order valence-electron chi connectivity index (χ2n) is 6.91. The number of aromatic hydroxyl groups is 2. The standard InChI is InChI=1S/C22H18N2O.C3H4N2O/c25-21-16-23-24(17-21)22(18-10-4-1-5-11-18,19-12-6-2-7-13-19)20-14-8-3-9-15-20;6-3-1-4-5-2-3/h1-17,25H;1-2,6H,(H,4,5). The predicted octanol–water partition coefficient (Wildman–Crippen LogP) is 4.54. The first-order chi connectivity index (χ1) is 15.2. The maximum Gasteiger partial charge on any atom is 0.153 e. The van der Waals surface area contributed by atoms with Gasteiger partial charge in [-0.1, -0.05) is 91.0 Å². The summed E-state index contributed by atoms with van der Waals surface area (Å²) in [4.78, 5) is 0. The number of aromatic nitrogens is 4. The van der Waals surface area contributed by atoms with Gasteiger partial charge in [-0.3, -0.25) is 5.10 Å². The summed E-state index contributed by atoms with van der Waals surface area (Å²) in [5.74, 6) is 0.321. The highest BCUT2D eigenvalue weighted by Gasteiger charge is 2.39. The van der Waals surface area contributed by atoms with Gasteiger partial charge >= 0.3 is 0 Å². The molecule has 0 aliphatic rings. The van der Waals surface area contributed by atoms with Crippen LogP contribution in [0.2, 0.25) is 0 Å². The van der Waals surface area contributed by atoms with Gasteiger partial charge in [0, 0.05) is 0 Å². The fourth-order valence-corrected chi connectivity index (χ4v) is 3.68. The smallest absolute Gasteiger partial charge is 0.153 e. The third kappa shape index (κ3) is 4.04. The monoisotopic (exact) mass is 410 g/mol. The lowest BCUT2D eigenvalue weighted by Gasteiger charge is -2.36. The van der Waals surface area contributed by atoms with E-state index in [9.17, 15) is 5.11 Å². The molecule has 6 nitrogen and oxygen atoms in total. The number of nitrogens with one attached hydrogen (secondary N) is 1. The maximum atomic E-state index is 9.97. The van der Waals surface area contributed by atoms with Crippen molar-refractivity contribution in [1.29, 1.82) is 0 Å². The van der Waals surface area contributed by atoms with Crippen molar-refractivity contribution < 1.29 is 10.2 Å². The average Bonchev–Trinajstić information content (AvgIpc) is 3.48. The van der Waals surface area contributed by atoms with Gasteiger partial charge in [0.1, 0.15) is 5.54 Å². The highest BCUT2D eigenvalue weighted by Crippen LogP contribution is 2.40. The summed E-state index contributed by atoms with van der Waals surface area (Å²) >= 11 is 0. The number of rotatable bonds is 4. The van der Waals surface area contributed by atoms with Crippen LogP contribution in [-0.2, 0) is 5.54 Å². The Morgan fingerprint density at radius 2 is 1.13 bits per heavy atom. The summed E-state index contributed by atoms with van der Waals surface area (Å²) in [5.41, 5.74) is 2.58. The molecule has 0 fully saturated rings. The first-order valence-corrected chi connectivity index (χ1v) is 9.79. The lowest BCUT2D eigenvalue weighted by Crippen LogP contribution is -2.38. The van der Waals surface area contributed by atoms with Crippen LogP contribution in [0, 0.1) is 0 Å². The highest BCUT2D eigenvalue weighted by molar-refractivity contribution is 5.50. The van der Waals surface area contributed by atoms with Crippen LogP contribution in [0.25, 0.3) is 0 Å². The van der Waals surface area contributed by atoms with E-state index in [1.165, 1.54) is 18.6 Å². The molecule has 6 heteroatoms. The minimum atomic E-state index is -0.662. The molecule has 0 aliphatic heterocycles. The molecule has 0 saturated heterocycles. The second kappa shape index (κ2) is 9.00. The molecule has 3 N–H and O–H groups in total. The summed E-state index contributed by atoms with van der Waals surface area (Å²) in [6, 6.07) is 30.8. The van der Waals surface area contributed by atoms with E-state index in [4.69, 9.17) is 5.11 Å². The van der Waals surface area contributed by atoms with Gasteiger partial charge in [-0.05, 0) is 16.7 Å². The summed E-state index contributed by atoms with van der Waals surface area (Å²) < 4.78 is 1.84. The van der Waals surface area contributed by atoms with Crippen LogP contribution in [0.1, 0.15) is 16.7 Å². The van der Waals surface area contributed by atoms with Crippen molar-refractivity contribution in [3.8, 4) is 11.5 Å². The van der Waals surface area contributed by atoms with Crippen molar-refractivity contribution in [3.63, 3.8) is 0 Å². The van der Waals surface area contributed by atoms with Gasteiger partial charge in [0.2, 0.25) is 0 Å². The van der Waals surface area contributed by atoms with Crippen molar-refractivity contribution in [2.75, 3.05) is 0 Å². The zero-order valence-electron chi connectivity index (χ0n) is 16.7. The van der Waals surface area contributed by atoms with Crippen LogP contribution in [0.15, 0.2) is 116 Å². The fourth-order valence-electron chi connectivity index (χ4n) is 3.68. The molecule has 0 amide bonds. The van der Waals surface area contributed by atoms with Crippen molar-refractivity contribution in [2.24, 2.45) is 0 Å². The Bertz CT molecular complexity index is 1090. The van der Waals surface area contributed by atoms with E-state index >= 15 is 0 Å². The molecule has 0 aliphatic carbocycles. The zero-order chi connectivity index (χ0) is 21.5. The van der Waals surface area contributed by atoms with Crippen molar-refractivity contribution in [2.45, 2.75) is 5.54 Å². The molecule has 0 unspecified atom stereocenters. The van der Waals surface area contributed by atoms with Crippen LogP contribution < -0.4 is 0 Å². The maximum absolute atomic E-state index is 9.97. The Morgan fingerprint density at radius 1 is 0.645 bits per heavy atom. The molecule has 0 radical (unpaired) electrons. The number of aromatic amines is 1. The van der Waals surface area contributed by atoms with Gasteiger partial charge in [-0.15, -0.1) is 0 Å². The van der Waals surface area contributed by atoms with Crippen molar-refractivity contribution >= 4 is 0 Å². The molecule has 2 heterocycles. The minimum absolute atomic E-state index is 0.146. The van der Waals surface area contributed by atoms with E-state index in [0.717, 1.165) is 16.7 Å². The lowest BCUT2D eigenvalue weighted by atomic mass is 9.77.